The molecule has 5 heteroatoms. The second-order valence-corrected chi connectivity index (χ2v) is 7.01. The molecule has 0 N–H and O–H groups in total. The molecule has 1 aliphatic carbocycles. The van der Waals surface area contributed by atoms with E-state index < -0.39 is 5.92 Å². The van der Waals surface area contributed by atoms with Gasteiger partial charge in [0.05, 0.1) is 16.1 Å². The Labute approximate surface area is 137 Å². The minimum Gasteiger partial charge on any atom is -0.486 e. The summed E-state index contributed by atoms with van der Waals surface area (Å²) in [7, 11) is 0. The van der Waals surface area contributed by atoms with E-state index in [1.54, 1.807) is 12.1 Å². The Morgan fingerprint density at radius 1 is 1.29 bits per heavy atom. The molecule has 0 aromatic heterocycles. The van der Waals surface area contributed by atoms with Crippen molar-refractivity contribution in [1.82, 2.24) is 0 Å². The highest BCUT2D eigenvalue weighted by atomic mass is 79.9. The van der Waals surface area contributed by atoms with E-state index >= 15 is 0 Å². The van der Waals surface area contributed by atoms with E-state index in [9.17, 15) is 10.1 Å². The van der Waals surface area contributed by atoms with E-state index in [1.165, 1.54) is 6.42 Å². The highest BCUT2D eigenvalue weighted by Gasteiger charge is 2.42. The third-order valence-corrected chi connectivity index (χ3v) is 5.20. The van der Waals surface area contributed by atoms with Gasteiger partial charge in [0.2, 0.25) is 0 Å². The lowest BCUT2D eigenvalue weighted by Gasteiger charge is -2.36. The Hall–Kier alpha value is -1.05. The van der Waals surface area contributed by atoms with Crippen LogP contribution in [0, 0.1) is 23.2 Å². The van der Waals surface area contributed by atoms with Crippen LogP contribution in [0.1, 0.15) is 42.5 Å². The van der Waals surface area contributed by atoms with Crippen molar-refractivity contribution in [1.29, 1.82) is 5.26 Å². The molecule has 1 aromatic carbocycles. The number of ketones is 1. The predicted molar refractivity (Wildman–Crippen MR) is 83.6 cm³/mol. The number of benzene rings is 1. The van der Waals surface area contributed by atoms with Gasteiger partial charge in [-0.1, -0.05) is 30.9 Å². The average molecular weight is 369 g/mol. The minimum absolute atomic E-state index is 0.169. The molecule has 1 heterocycles. The summed E-state index contributed by atoms with van der Waals surface area (Å²) < 4.78 is 6.76. The topological polar surface area (TPSA) is 50.1 Å². The summed E-state index contributed by atoms with van der Waals surface area (Å²) in [4.78, 5) is 12.6. The monoisotopic (exact) mass is 367 g/mol. The first-order valence-electron chi connectivity index (χ1n) is 7.21. The maximum atomic E-state index is 12.6. The lowest BCUT2D eigenvalue weighted by molar-refractivity contribution is 0.0484. The number of carbonyl (C=O) groups is 1. The minimum atomic E-state index is -0.731. The third-order valence-electron chi connectivity index (χ3n) is 4.39. The molecule has 1 fully saturated rings. The van der Waals surface area contributed by atoms with E-state index in [-0.39, 0.29) is 17.8 Å². The molecule has 3 rings (SSSR count). The van der Waals surface area contributed by atoms with Crippen LogP contribution in [-0.4, -0.2) is 11.9 Å². The number of ether oxygens (including phenoxy) is 1. The van der Waals surface area contributed by atoms with Gasteiger partial charge in [0, 0.05) is 5.02 Å². The first-order valence-corrected chi connectivity index (χ1v) is 8.38. The molecule has 0 amide bonds. The van der Waals surface area contributed by atoms with Gasteiger partial charge in [-0.05, 0) is 46.8 Å². The lowest BCUT2D eigenvalue weighted by Crippen LogP contribution is -2.43. The average Bonchev–Trinajstić information content (AvgIpc) is 2.49. The largest absolute Gasteiger partial charge is 0.486 e. The molecular formula is C16H15BrClNO2. The number of hydrogen-bond donors (Lipinski definition) is 0. The number of rotatable bonds is 1. The van der Waals surface area contributed by atoms with Crippen molar-refractivity contribution in [2.45, 2.75) is 38.2 Å². The molecule has 0 radical (unpaired) electrons. The third kappa shape index (κ3) is 2.69. The first-order chi connectivity index (χ1) is 10.1. The fourth-order valence-electron chi connectivity index (χ4n) is 3.35. The quantitative estimate of drug-likeness (QED) is 0.717. The summed E-state index contributed by atoms with van der Waals surface area (Å²) >= 11 is 9.41. The van der Waals surface area contributed by atoms with Crippen LogP contribution in [0.25, 0.3) is 0 Å². The van der Waals surface area contributed by atoms with E-state index in [0.717, 1.165) is 25.7 Å². The van der Waals surface area contributed by atoms with Gasteiger partial charge < -0.3 is 4.74 Å². The van der Waals surface area contributed by atoms with Crippen molar-refractivity contribution in [3.8, 4) is 11.8 Å². The van der Waals surface area contributed by atoms with E-state index in [0.29, 0.717) is 20.8 Å². The molecule has 1 aliphatic heterocycles. The molecule has 0 spiro atoms. The van der Waals surface area contributed by atoms with Crippen molar-refractivity contribution in [2.24, 2.45) is 11.8 Å². The molecule has 0 bridgehead atoms. The van der Waals surface area contributed by atoms with Gasteiger partial charge in [-0.15, -0.1) is 0 Å². The Bertz CT molecular complexity index is 619. The maximum absolute atomic E-state index is 12.6. The highest BCUT2D eigenvalue weighted by Crippen LogP contribution is 2.43. The lowest BCUT2D eigenvalue weighted by atomic mass is 9.77. The number of halogens is 2. The molecule has 1 saturated carbocycles. The maximum Gasteiger partial charge on any atom is 0.187 e. The van der Waals surface area contributed by atoms with Crippen LogP contribution >= 0.6 is 27.5 Å². The summed E-state index contributed by atoms with van der Waals surface area (Å²) in [5, 5.41) is 9.89. The van der Waals surface area contributed by atoms with Gasteiger partial charge in [0.15, 0.2) is 5.78 Å². The molecule has 110 valence electrons. The molecule has 0 saturated heterocycles. The van der Waals surface area contributed by atoms with Crippen LogP contribution in [-0.2, 0) is 0 Å². The Morgan fingerprint density at radius 2 is 2.00 bits per heavy atom. The van der Waals surface area contributed by atoms with Crippen molar-refractivity contribution in [2.75, 3.05) is 0 Å². The zero-order valence-electron chi connectivity index (χ0n) is 11.4. The van der Waals surface area contributed by atoms with Crippen LogP contribution in [0.15, 0.2) is 16.6 Å². The number of nitriles is 1. The van der Waals surface area contributed by atoms with Crippen LogP contribution in [0.4, 0.5) is 0 Å². The van der Waals surface area contributed by atoms with Gasteiger partial charge in [0.1, 0.15) is 17.8 Å². The molecule has 2 aliphatic rings. The molecule has 1 aromatic rings. The van der Waals surface area contributed by atoms with E-state index in [2.05, 4.69) is 22.0 Å². The molecule has 0 unspecified atom stereocenters. The highest BCUT2D eigenvalue weighted by molar-refractivity contribution is 9.10. The van der Waals surface area contributed by atoms with Crippen molar-refractivity contribution < 1.29 is 9.53 Å². The summed E-state index contributed by atoms with van der Waals surface area (Å²) in [5.74, 6) is -0.0851. The number of nitrogens with zero attached hydrogens (tertiary/aromatic N) is 1. The van der Waals surface area contributed by atoms with Crippen molar-refractivity contribution >= 4 is 33.3 Å². The zero-order valence-corrected chi connectivity index (χ0v) is 13.8. The number of hydrogen-bond acceptors (Lipinski definition) is 3. The number of fused-ring (bicyclic) bond motifs is 1. The number of carbonyl (C=O) groups excluding carboxylic acids is 1. The van der Waals surface area contributed by atoms with Crippen LogP contribution in [0.5, 0.6) is 5.75 Å². The van der Waals surface area contributed by atoms with Gasteiger partial charge in [-0.3, -0.25) is 4.79 Å². The second kappa shape index (κ2) is 5.98. The van der Waals surface area contributed by atoms with Gasteiger partial charge in [-0.25, -0.2) is 0 Å². The fourth-order valence-corrected chi connectivity index (χ4v) is 4.25. The summed E-state index contributed by atoms with van der Waals surface area (Å²) in [5.41, 5.74) is 0.410. The van der Waals surface area contributed by atoms with E-state index in [4.69, 9.17) is 16.3 Å². The first kappa shape index (κ1) is 14.9. The molecular weight excluding hydrogens is 354 g/mol. The SMILES string of the molecule is N#C[C@@H]1C(=O)c2cc(Cl)cc(Br)c2O[C@H]1C1CCCCC1. The summed E-state index contributed by atoms with van der Waals surface area (Å²) in [6, 6.07) is 5.46. The molecule has 21 heavy (non-hydrogen) atoms. The Kier molecular flexibility index (Phi) is 4.24. The summed E-state index contributed by atoms with van der Waals surface area (Å²) in [6.45, 7) is 0. The Balaban J connectivity index is 2.00. The second-order valence-electron chi connectivity index (χ2n) is 5.72. The standard InChI is InChI=1S/C16H15BrClNO2/c17-13-7-10(18)6-11-14(20)12(8-19)15(21-16(11)13)9-4-2-1-3-5-9/h6-7,9,12,15H,1-5H2/t12-,15+/m1/s1. The van der Waals surface area contributed by atoms with Crippen molar-refractivity contribution in [3.05, 3.63) is 27.2 Å². The number of Topliss-reactive ketones (excluding diaryl/α,β-unsaturated/α-hetero) is 1. The van der Waals surface area contributed by atoms with Crippen LogP contribution < -0.4 is 4.74 Å². The van der Waals surface area contributed by atoms with Crippen LogP contribution in [0.2, 0.25) is 5.02 Å². The van der Waals surface area contributed by atoms with Gasteiger partial charge in [0.25, 0.3) is 0 Å². The normalized spacial score (nSPS) is 25.9. The van der Waals surface area contributed by atoms with Gasteiger partial charge >= 0.3 is 0 Å². The van der Waals surface area contributed by atoms with Gasteiger partial charge in [-0.2, -0.15) is 5.26 Å². The van der Waals surface area contributed by atoms with Crippen LogP contribution in [0.3, 0.4) is 0 Å². The Morgan fingerprint density at radius 3 is 2.67 bits per heavy atom. The fraction of sp³-hybridized carbons (Fsp3) is 0.500. The van der Waals surface area contributed by atoms with E-state index in [1.807, 2.05) is 0 Å². The smallest absolute Gasteiger partial charge is 0.187 e. The predicted octanol–water partition coefficient (Wildman–Crippen LogP) is 4.77. The molecule has 2 atom stereocenters. The van der Waals surface area contributed by atoms with Crippen molar-refractivity contribution in [3.63, 3.8) is 0 Å². The molecule has 3 nitrogen and oxygen atoms in total. The summed E-state index contributed by atoms with van der Waals surface area (Å²) in [6.07, 6.45) is 5.22. The zero-order chi connectivity index (χ0) is 15.0.